The molecule has 1 rings (SSSR count). The third kappa shape index (κ3) is 3.16. The van der Waals surface area contributed by atoms with Crippen LogP contribution in [0.4, 0.5) is 5.82 Å². The smallest absolute Gasteiger partial charge is 0.145 e. The number of aryl methyl sites for hydroxylation is 1. The molecule has 0 aromatic carbocycles. The second-order valence-electron chi connectivity index (χ2n) is 3.52. The number of hydrogen-bond donors (Lipinski definition) is 1. The Morgan fingerprint density at radius 2 is 2.21 bits per heavy atom. The Balaban J connectivity index is 2.54. The number of pyridine rings is 1. The van der Waals surface area contributed by atoms with Crippen LogP contribution in [0.3, 0.4) is 0 Å². The highest BCUT2D eigenvalue weighted by atomic mass is 35.5. The molecule has 0 saturated carbocycles. The van der Waals surface area contributed by atoms with Gasteiger partial charge in [-0.15, -0.1) is 0 Å². The van der Waals surface area contributed by atoms with Crippen molar-refractivity contribution in [2.75, 3.05) is 32.5 Å². The lowest BCUT2D eigenvalue weighted by Gasteiger charge is -2.12. The first-order valence-corrected chi connectivity index (χ1v) is 4.98. The average Bonchev–Trinajstić information content (AvgIpc) is 2.12. The lowest BCUT2D eigenvalue weighted by Crippen LogP contribution is -2.21. The molecule has 4 heteroatoms. The highest BCUT2D eigenvalue weighted by Gasteiger charge is 2.02. The fraction of sp³-hybridized carbons (Fsp3) is 0.500. The first-order chi connectivity index (χ1) is 6.61. The van der Waals surface area contributed by atoms with Crippen molar-refractivity contribution < 1.29 is 0 Å². The fourth-order valence-corrected chi connectivity index (χ4v) is 1.24. The van der Waals surface area contributed by atoms with Crippen molar-refractivity contribution in [3.05, 3.63) is 22.8 Å². The standard InChI is InChI=1S/C10H16ClN3/c1-8-4-5-12-10(9(8)11)13-6-7-14(2)3/h4-5H,6-7H2,1-3H3,(H,12,13). The van der Waals surface area contributed by atoms with Crippen molar-refractivity contribution in [3.8, 4) is 0 Å². The number of halogens is 1. The summed E-state index contributed by atoms with van der Waals surface area (Å²) < 4.78 is 0. The monoisotopic (exact) mass is 213 g/mol. The predicted octanol–water partition coefficient (Wildman–Crippen LogP) is 2.02. The van der Waals surface area contributed by atoms with Gasteiger partial charge in [-0.2, -0.15) is 0 Å². The zero-order chi connectivity index (χ0) is 10.6. The van der Waals surface area contributed by atoms with Crippen LogP contribution < -0.4 is 5.32 Å². The molecule has 0 spiro atoms. The van der Waals surface area contributed by atoms with Gasteiger partial charge in [0.2, 0.25) is 0 Å². The summed E-state index contributed by atoms with van der Waals surface area (Å²) in [5.41, 5.74) is 1.05. The Morgan fingerprint density at radius 1 is 1.50 bits per heavy atom. The zero-order valence-electron chi connectivity index (χ0n) is 8.84. The molecule has 0 aliphatic heterocycles. The first kappa shape index (κ1) is 11.3. The van der Waals surface area contributed by atoms with E-state index in [-0.39, 0.29) is 0 Å². The Bertz CT molecular complexity index is 299. The maximum absolute atomic E-state index is 6.07. The van der Waals surface area contributed by atoms with E-state index in [9.17, 15) is 0 Å². The van der Waals surface area contributed by atoms with Gasteiger partial charge in [0.15, 0.2) is 0 Å². The van der Waals surface area contributed by atoms with Crippen molar-refractivity contribution in [1.29, 1.82) is 0 Å². The molecule has 3 nitrogen and oxygen atoms in total. The van der Waals surface area contributed by atoms with Crippen LogP contribution >= 0.6 is 11.6 Å². The van der Waals surface area contributed by atoms with Crippen LogP contribution in [0.2, 0.25) is 5.02 Å². The normalized spacial score (nSPS) is 10.6. The summed E-state index contributed by atoms with van der Waals surface area (Å²) in [4.78, 5) is 6.28. The predicted molar refractivity (Wildman–Crippen MR) is 61.0 cm³/mol. The molecule has 0 atom stereocenters. The lowest BCUT2D eigenvalue weighted by atomic mass is 10.3. The second kappa shape index (κ2) is 5.17. The molecule has 1 aromatic rings. The van der Waals surface area contributed by atoms with Crippen molar-refractivity contribution in [3.63, 3.8) is 0 Å². The molecule has 0 unspecified atom stereocenters. The Hall–Kier alpha value is -0.800. The number of anilines is 1. The van der Waals surface area contributed by atoms with E-state index in [1.165, 1.54) is 0 Å². The lowest BCUT2D eigenvalue weighted by molar-refractivity contribution is 0.425. The van der Waals surface area contributed by atoms with Gasteiger partial charge in [-0.1, -0.05) is 11.6 Å². The van der Waals surface area contributed by atoms with Crippen LogP contribution in [0.1, 0.15) is 5.56 Å². The molecule has 0 aliphatic rings. The van der Waals surface area contributed by atoms with Gasteiger partial charge in [0, 0.05) is 19.3 Å². The molecule has 0 bridgehead atoms. The summed E-state index contributed by atoms with van der Waals surface area (Å²) in [6.45, 7) is 3.79. The van der Waals surface area contributed by atoms with E-state index < -0.39 is 0 Å². The first-order valence-electron chi connectivity index (χ1n) is 4.61. The quantitative estimate of drug-likeness (QED) is 0.830. The molecule has 1 N–H and O–H groups in total. The summed E-state index contributed by atoms with van der Waals surface area (Å²) >= 11 is 6.07. The molecule has 0 radical (unpaired) electrons. The summed E-state index contributed by atoms with van der Waals surface area (Å²) in [6, 6.07) is 1.90. The summed E-state index contributed by atoms with van der Waals surface area (Å²) in [5.74, 6) is 0.772. The maximum Gasteiger partial charge on any atom is 0.145 e. The van der Waals surface area contributed by atoms with Crippen LogP contribution in [0, 0.1) is 6.92 Å². The van der Waals surface area contributed by atoms with Gasteiger partial charge >= 0.3 is 0 Å². The van der Waals surface area contributed by atoms with Crippen molar-refractivity contribution >= 4 is 17.4 Å². The topological polar surface area (TPSA) is 28.2 Å². The molecule has 78 valence electrons. The summed E-state index contributed by atoms with van der Waals surface area (Å²) in [5, 5.41) is 3.91. The molecule has 0 fully saturated rings. The maximum atomic E-state index is 6.07. The zero-order valence-corrected chi connectivity index (χ0v) is 9.60. The van der Waals surface area contributed by atoms with E-state index in [0.717, 1.165) is 24.5 Å². The SMILES string of the molecule is Cc1ccnc(NCCN(C)C)c1Cl. The van der Waals surface area contributed by atoms with Gasteiger partial charge < -0.3 is 10.2 Å². The number of aromatic nitrogens is 1. The van der Waals surface area contributed by atoms with E-state index in [1.54, 1.807) is 6.20 Å². The van der Waals surface area contributed by atoms with Crippen LogP contribution in [-0.4, -0.2) is 37.1 Å². The van der Waals surface area contributed by atoms with Crippen molar-refractivity contribution in [2.24, 2.45) is 0 Å². The minimum Gasteiger partial charge on any atom is -0.368 e. The van der Waals surface area contributed by atoms with Crippen LogP contribution in [0.5, 0.6) is 0 Å². The highest BCUT2D eigenvalue weighted by molar-refractivity contribution is 6.33. The van der Waals surface area contributed by atoms with Crippen LogP contribution in [0.15, 0.2) is 12.3 Å². The largest absolute Gasteiger partial charge is 0.368 e. The molecule has 1 heterocycles. The van der Waals surface area contributed by atoms with Crippen LogP contribution in [-0.2, 0) is 0 Å². The van der Waals surface area contributed by atoms with E-state index in [2.05, 4.69) is 15.2 Å². The van der Waals surface area contributed by atoms with Gasteiger partial charge in [-0.25, -0.2) is 4.98 Å². The third-order valence-corrected chi connectivity index (χ3v) is 2.41. The van der Waals surface area contributed by atoms with Crippen molar-refractivity contribution in [2.45, 2.75) is 6.92 Å². The molecule has 0 amide bonds. The number of hydrogen-bond acceptors (Lipinski definition) is 3. The van der Waals surface area contributed by atoms with Gasteiger partial charge in [-0.3, -0.25) is 0 Å². The number of nitrogens with zero attached hydrogens (tertiary/aromatic N) is 2. The van der Waals surface area contributed by atoms with Crippen molar-refractivity contribution in [1.82, 2.24) is 9.88 Å². The number of nitrogens with one attached hydrogen (secondary N) is 1. The Morgan fingerprint density at radius 3 is 2.86 bits per heavy atom. The molecular weight excluding hydrogens is 198 g/mol. The van der Waals surface area contributed by atoms with Crippen LogP contribution in [0.25, 0.3) is 0 Å². The average molecular weight is 214 g/mol. The molecular formula is C10H16ClN3. The summed E-state index contributed by atoms with van der Waals surface area (Å²) in [6.07, 6.45) is 1.76. The van der Waals surface area contributed by atoms with E-state index in [0.29, 0.717) is 5.02 Å². The minimum absolute atomic E-state index is 0.714. The van der Waals surface area contributed by atoms with Gasteiger partial charge in [-0.05, 0) is 32.6 Å². The Labute approximate surface area is 90.1 Å². The van der Waals surface area contributed by atoms with Gasteiger partial charge in [0.05, 0.1) is 5.02 Å². The highest BCUT2D eigenvalue weighted by Crippen LogP contribution is 2.21. The third-order valence-electron chi connectivity index (χ3n) is 1.93. The second-order valence-corrected chi connectivity index (χ2v) is 3.90. The Kier molecular flexibility index (Phi) is 4.17. The van der Waals surface area contributed by atoms with Gasteiger partial charge in [0.1, 0.15) is 5.82 Å². The van der Waals surface area contributed by atoms with E-state index in [4.69, 9.17) is 11.6 Å². The molecule has 0 aliphatic carbocycles. The minimum atomic E-state index is 0.714. The van der Waals surface area contributed by atoms with E-state index in [1.807, 2.05) is 27.1 Å². The van der Waals surface area contributed by atoms with Gasteiger partial charge in [0.25, 0.3) is 0 Å². The molecule has 0 saturated heterocycles. The molecule has 14 heavy (non-hydrogen) atoms. The summed E-state index contributed by atoms with van der Waals surface area (Å²) in [7, 11) is 4.07. The fourth-order valence-electron chi connectivity index (χ4n) is 1.06. The van der Waals surface area contributed by atoms with E-state index >= 15 is 0 Å². The number of likely N-dealkylation sites (N-methyl/N-ethyl adjacent to an activating group) is 1. The molecule has 1 aromatic heterocycles. The number of rotatable bonds is 4.